The highest BCUT2D eigenvalue weighted by molar-refractivity contribution is 5.75. The lowest BCUT2D eigenvalue weighted by atomic mass is 10.1. The van der Waals surface area contributed by atoms with Crippen LogP contribution < -0.4 is 5.56 Å². The summed E-state index contributed by atoms with van der Waals surface area (Å²) in [5.74, 6) is 0. The number of aromatic amines is 1. The molecule has 1 aromatic carbocycles. The van der Waals surface area contributed by atoms with Gasteiger partial charge in [0.05, 0.1) is 10.6 Å². The Morgan fingerprint density at radius 2 is 2.11 bits per heavy atom. The summed E-state index contributed by atoms with van der Waals surface area (Å²) in [6, 6.07) is 6.30. The third-order valence-corrected chi connectivity index (χ3v) is 3.31. The van der Waals surface area contributed by atoms with E-state index in [1.807, 2.05) is 6.92 Å². The van der Waals surface area contributed by atoms with Gasteiger partial charge >= 0.3 is 0 Å². The lowest BCUT2D eigenvalue weighted by Gasteiger charge is -2.02. The molecule has 5 nitrogen and oxygen atoms in total. The standard InChI is InChI=1S/C13H10N2O3/c1-7-4-12(16)14-13-10-3-2-9(15(17)18)5-8(10)6-11(7)13/h2-5H,6H2,1H3,(H,14,16). The van der Waals surface area contributed by atoms with E-state index >= 15 is 0 Å². The molecule has 5 heteroatoms. The van der Waals surface area contributed by atoms with Crippen LogP contribution in [0.5, 0.6) is 0 Å². The number of nitro benzene ring substituents is 1. The number of nitro groups is 1. The van der Waals surface area contributed by atoms with Crippen molar-refractivity contribution < 1.29 is 4.92 Å². The van der Waals surface area contributed by atoms with Crippen molar-refractivity contribution in [3.63, 3.8) is 0 Å². The number of fused-ring (bicyclic) bond motifs is 3. The molecular formula is C13H10N2O3. The van der Waals surface area contributed by atoms with Crippen LogP contribution in [-0.4, -0.2) is 9.91 Å². The molecule has 0 unspecified atom stereocenters. The van der Waals surface area contributed by atoms with Gasteiger partial charge in [-0.15, -0.1) is 0 Å². The van der Waals surface area contributed by atoms with E-state index in [1.165, 1.54) is 6.07 Å². The highest BCUT2D eigenvalue weighted by Crippen LogP contribution is 2.37. The van der Waals surface area contributed by atoms with Crippen molar-refractivity contribution in [1.29, 1.82) is 0 Å². The molecule has 0 radical (unpaired) electrons. The second kappa shape index (κ2) is 3.53. The van der Waals surface area contributed by atoms with E-state index < -0.39 is 4.92 Å². The number of H-pyrrole nitrogens is 1. The fraction of sp³-hybridized carbons (Fsp3) is 0.154. The molecule has 0 amide bonds. The van der Waals surface area contributed by atoms with E-state index in [-0.39, 0.29) is 11.2 Å². The minimum Gasteiger partial charge on any atom is -0.322 e. The predicted octanol–water partition coefficient (Wildman–Crippen LogP) is 2.16. The topological polar surface area (TPSA) is 76.0 Å². The third-order valence-electron chi connectivity index (χ3n) is 3.31. The monoisotopic (exact) mass is 242 g/mol. The van der Waals surface area contributed by atoms with Crippen LogP contribution in [0.2, 0.25) is 0 Å². The van der Waals surface area contributed by atoms with Crippen LogP contribution >= 0.6 is 0 Å². The first-order valence-corrected chi connectivity index (χ1v) is 5.57. The van der Waals surface area contributed by atoms with Crippen LogP contribution in [0.15, 0.2) is 29.1 Å². The first kappa shape index (κ1) is 10.7. The van der Waals surface area contributed by atoms with Crippen LogP contribution in [0.25, 0.3) is 11.3 Å². The molecule has 18 heavy (non-hydrogen) atoms. The number of hydrogen-bond acceptors (Lipinski definition) is 3. The first-order chi connectivity index (χ1) is 8.56. The molecule has 90 valence electrons. The largest absolute Gasteiger partial charge is 0.322 e. The highest BCUT2D eigenvalue weighted by atomic mass is 16.6. The number of benzene rings is 1. The van der Waals surface area contributed by atoms with Gasteiger partial charge in [-0.3, -0.25) is 14.9 Å². The van der Waals surface area contributed by atoms with Crippen molar-refractivity contribution in [2.24, 2.45) is 0 Å². The van der Waals surface area contributed by atoms with Gasteiger partial charge in [0.1, 0.15) is 0 Å². The zero-order chi connectivity index (χ0) is 12.9. The van der Waals surface area contributed by atoms with Crippen LogP contribution in [0.1, 0.15) is 16.7 Å². The Morgan fingerprint density at radius 1 is 1.33 bits per heavy atom. The van der Waals surface area contributed by atoms with Gasteiger partial charge in [0.15, 0.2) is 0 Å². The summed E-state index contributed by atoms with van der Waals surface area (Å²) < 4.78 is 0. The van der Waals surface area contributed by atoms with Gasteiger partial charge in [-0.05, 0) is 29.7 Å². The number of nitrogens with one attached hydrogen (secondary N) is 1. The van der Waals surface area contributed by atoms with E-state index in [4.69, 9.17) is 0 Å². The fourth-order valence-electron chi connectivity index (χ4n) is 2.45. The van der Waals surface area contributed by atoms with Gasteiger partial charge in [0.2, 0.25) is 5.56 Å². The molecule has 0 aliphatic heterocycles. The van der Waals surface area contributed by atoms with Gasteiger partial charge in [-0.2, -0.15) is 0 Å². The predicted molar refractivity (Wildman–Crippen MR) is 66.7 cm³/mol. The SMILES string of the molecule is Cc1cc(=O)[nH]c2c1Cc1cc([N+](=O)[O-])ccc1-2. The van der Waals surface area contributed by atoms with E-state index in [0.29, 0.717) is 6.42 Å². The average Bonchev–Trinajstić information content (AvgIpc) is 2.67. The maximum Gasteiger partial charge on any atom is 0.269 e. The second-order valence-corrected chi connectivity index (χ2v) is 4.45. The van der Waals surface area contributed by atoms with Crippen molar-refractivity contribution in [2.75, 3.05) is 0 Å². The molecule has 1 aliphatic carbocycles. The molecule has 0 fully saturated rings. The van der Waals surface area contributed by atoms with Crippen molar-refractivity contribution >= 4 is 5.69 Å². The number of rotatable bonds is 1. The molecule has 1 aromatic heterocycles. The maximum atomic E-state index is 11.5. The van der Waals surface area contributed by atoms with E-state index in [2.05, 4.69) is 4.98 Å². The van der Waals surface area contributed by atoms with Crippen LogP contribution in [0, 0.1) is 17.0 Å². The Hall–Kier alpha value is -2.43. The Morgan fingerprint density at radius 3 is 2.83 bits per heavy atom. The molecule has 1 heterocycles. The van der Waals surface area contributed by atoms with Crippen LogP contribution in [0.3, 0.4) is 0 Å². The molecule has 1 aliphatic rings. The quantitative estimate of drug-likeness (QED) is 0.524. The molecule has 2 aromatic rings. The molecule has 0 atom stereocenters. The van der Waals surface area contributed by atoms with E-state index in [1.54, 1.807) is 18.2 Å². The third kappa shape index (κ3) is 1.44. The number of aromatic nitrogens is 1. The highest BCUT2D eigenvalue weighted by Gasteiger charge is 2.23. The summed E-state index contributed by atoms with van der Waals surface area (Å²) in [5, 5.41) is 10.7. The smallest absolute Gasteiger partial charge is 0.269 e. The van der Waals surface area contributed by atoms with Crippen LogP contribution in [-0.2, 0) is 6.42 Å². The normalized spacial score (nSPS) is 12.1. The van der Waals surface area contributed by atoms with Gasteiger partial charge in [-0.1, -0.05) is 0 Å². The van der Waals surface area contributed by atoms with Crippen molar-refractivity contribution in [3.05, 3.63) is 61.4 Å². The molecule has 0 saturated heterocycles. The van der Waals surface area contributed by atoms with Crippen molar-refractivity contribution in [2.45, 2.75) is 13.3 Å². The lowest BCUT2D eigenvalue weighted by molar-refractivity contribution is -0.384. The van der Waals surface area contributed by atoms with Crippen molar-refractivity contribution in [3.8, 4) is 11.3 Å². The average molecular weight is 242 g/mol. The zero-order valence-corrected chi connectivity index (χ0v) is 9.69. The van der Waals surface area contributed by atoms with E-state index in [0.717, 1.165) is 27.9 Å². The van der Waals surface area contributed by atoms with Gasteiger partial charge < -0.3 is 4.98 Å². The molecule has 0 spiro atoms. The number of hydrogen-bond donors (Lipinski definition) is 1. The summed E-state index contributed by atoms with van der Waals surface area (Å²) in [7, 11) is 0. The van der Waals surface area contributed by atoms with Crippen LogP contribution in [0.4, 0.5) is 5.69 Å². The van der Waals surface area contributed by atoms with Gasteiger partial charge in [0.25, 0.3) is 5.69 Å². The molecule has 0 saturated carbocycles. The Labute approximate surface area is 102 Å². The second-order valence-electron chi connectivity index (χ2n) is 4.45. The van der Waals surface area contributed by atoms with Gasteiger partial charge in [-0.25, -0.2) is 0 Å². The Bertz CT molecular complexity index is 732. The summed E-state index contributed by atoms with van der Waals surface area (Å²) in [6.45, 7) is 1.88. The molecule has 0 bridgehead atoms. The summed E-state index contributed by atoms with van der Waals surface area (Å²) in [5.41, 5.74) is 4.49. The maximum absolute atomic E-state index is 11.5. The van der Waals surface area contributed by atoms with Gasteiger partial charge in [0, 0.05) is 30.2 Å². The Balaban J connectivity index is 2.24. The number of nitrogens with zero attached hydrogens (tertiary/aromatic N) is 1. The van der Waals surface area contributed by atoms with Crippen molar-refractivity contribution in [1.82, 2.24) is 4.98 Å². The summed E-state index contributed by atoms with van der Waals surface area (Å²) in [6.07, 6.45) is 0.634. The lowest BCUT2D eigenvalue weighted by Crippen LogP contribution is -2.07. The molecule has 1 N–H and O–H groups in total. The summed E-state index contributed by atoms with van der Waals surface area (Å²) >= 11 is 0. The number of non-ortho nitro benzene ring substituents is 1. The minimum atomic E-state index is -0.404. The zero-order valence-electron chi connectivity index (χ0n) is 9.69. The number of pyridine rings is 1. The number of aryl methyl sites for hydroxylation is 1. The summed E-state index contributed by atoms with van der Waals surface area (Å²) in [4.78, 5) is 24.6. The Kier molecular flexibility index (Phi) is 2.10. The first-order valence-electron chi connectivity index (χ1n) is 5.57. The minimum absolute atomic E-state index is 0.0848. The fourth-order valence-corrected chi connectivity index (χ4v) is 2.45. The molecule has 3 rings (SSSR count). The molecular weight excluding hydrogens is 232 g/mol. The van der Waals surface area contributed by atoms with E-state index in [9.17, 15) is 14.9 Å².